The van der Waals surface area contributed by atoms with Crippen LogP contribution in [0.25, 0.3) is 11.0 Å². The maximum Gasteiger partial charge on any atom is 0.289 e. The van der Waals surface area contributed by atoms with Gasteiger partial charge in [0.1, 0.15) is 5.82 Å². The molecule has 0 aliphatic heterocycles. The Morgan fingerprint density at radius 1 is 1.23 bits per heavy atom. The zero-order valence-electron chi connectivity index (χ0n) is 15.0. The average molecular weight is 354 g/mol. The van der Waals surface area contributed by atoms with Crippen molar-refractivity contribution in [2.24, 2.45) is 5.92 Å². The lowest BCUT2D eigenvalue weighted by atomic mass is 10.0. The Kier molecular flexibility index (Phi) is 5.06. The molecule has 1 atom stereocenters. The van der Waals surface area contributed by atoms with Crippen LogP contribution in [-0.4, -0.2) is 40.3 Å². The summed E-state index contributed by atoms with van der Waals surface area (Å²) in [5.41, 5.74) is 1.78. The minimum atomic E-state index is -0.338. The van der Waals surface area contributed by atoms with Gasteiger partial charge in [-0.05, 0) is 30.2 Å². The van der Waals surface area contributed by atoms with Crippen molar-refractivity contribution >= 4 is 22.8 Å². The van der Waals surface area contributed by atoms with E-state index in [2.05, 4.69) is 15.3 Å². The molecule has 0 fully saturated rings. The fourth-order valence-electron chi connectivity index (χ4n) is 2.77. The van der Waals surface area contributed by atoms with Gasteiger partial charge in [0.15, 0.2) is 5.76 Å². The normalized spacial score (nSPS) is 12.3. The number of hydrogen-bond donors (Lipinski definition) is 2. The summed E-state index contributed by atoms with van der Waals surface area (Å²) < 4.78 is 5.08. The summed E-state index contributed by atoms with van der Waals surface area (Å²) in [6.45, 7) is 3.95. The minimum Gasteiger partial charge on any atom is -0.459 e. The predicted molar refractivity (Wildman–Crippen MR) is 97.5 cm³/mol. The van der Waals surface area contributed by atoms with Crippen LogP contribution in [0, 0.1) is 5.92 Å². The quantitative estimate of drug-likeness (QED) is 0.712. The van der Waals surface area contributed by atoms with Gasteiger partial charge < -0.3 is 19.6 Å². The number of nitrogens with one attached hydrogen (secondary N) is 2. The number of carbonyl (C=O) groups is 2. The lowest BCUT2D eigenvalue weighted by Gasteiger charge is -2.22. The molecule has 0 unspecified atom stereocenters. The number of rotatable bonds is 6. The van der Waals surface area contributed by atoms with Gasteiger partial charge in [0, 0.05) is 7.05 Å². The smallest absolute Gasteiger partial charge is 0.289 e. The fourth-order valence-corrected chi connectivity index (χ4v) is 2.77. The van der Waals surface area contributed by atoms with E-state index in [1.54, 1.807) is 19.2 Å². The van der Waals surface area contributed by atoms with Crippen LogP contribution < -0.4 is 5.32 Å². The van der Waals surface area contributed by atoms with Gasteiger partial charge in [0.2, 0.25) is 5.91 Å². The number of H-pyrrole nitrogens is 1. The molecule has 1 aromatic carbocycles. The molecule has 7 heteroatoms. The third-order valence-electron chi connectivity index (χ3n) is 4.14. The van der Waals surface area contributed by atoms with Crippen LogP contribution in [-0.2, 0) is 4.79 Å². The topological polar surface area (TPSA) is 91.2 Å². The Labute approximate surface area is 151 Å². The Morgan fingerprint density at radius 2 is 2.00 bits per heavy atom. The molecular formula is C19H22N4O3. The second kappa shape index (κ2) is 7.43. The first kappa shape index (κ1) is 17.7. The number of fused-ring (bicyclic) bond motifs is 1. The number of furan rings is 1. The van der Waals surface area contributed by atoms with Crippen LogP contribution >= 0.6 is 0 Å². The Balaban J connectivity index is 1.69. The number of aromatic nitrogens is 2. The largest absolute Gasteiger partial charge is 0.459 e. The summed E-state index contributed by atoms with van der Waals surface area (Å²) in [7, 11) is 1.57. The summed E-state index contributed by atoms with van der Waals surface area (Å²) in [6, 6.07) is 10.7. The SMILES string of the molecule is CC(C)[C@H](NC(=O)CN(C)C(=O)c1ccco1)c1nc2ccccc2[nH]1. The Morgan fingerprint density at radius 3 is 2.65 bits per heavy atom. The molecule has 26 heavy (non-hydrogen) atoms. The van der Waals surface area contributed by atoms with E-state index in [9.17, 15) is 9.59 Å². The van der Waals surface area contributed by atoms with E-state index in [0.29, 0.717) is 5.82 Å². The van der Waals surface area contributed by atoms with Crippen molar-refractivity contribution in [3.05, 3.63) is 54.2 Å². The van der Waals surface area contributed by atoms with Crippen molar-refractivity contribution in [2.45, 2.75) is 19.9 Å². The van der Waals surface area contributed by atoms with E-state index in [1.165, 1.54) is 11.2 Å². The highest BCUT2D eigenvalue weighted by Gasteiger charge is 2.24. The second-order valence-electron chi connectivity index (χ2n) is 6.57. The molecule has 0 aliphatic rings. The summed E-state index contributed by atoms with van der Waals surface area (Å²) in [6.07, 6.45) is 1.43. The summed E-state index contributed by atoms with van der Waals surface area (Å²) in [5, 5.41) is 2.97. The van der Waals surface area contributed by atoms with Crippen molar-refractivity contribution in [1.82, 2.24) is 20.2 Å². The van der Waals surface area contributed by atoms with Gasteiger partial charge in [-0.15, -0.1) is 0 Å². The molecule has 7 nitrogen and oxygen atoms in total. The van der Waals surface area contributed by atoms with Crippen molar-refractivity contribution in [1.29, 1.82) is 0 Å². The van der Waals surface area contributed by atoms with Crippen LogP contribution in [0.1, 0.15) is 36.3 Å². The highest BCUT2D eigenvalue weighted by Crippen LogP contribution is 2.22. The maximum atomic E-state index is 12.5. The molecule has 0 radical (unpaired) electrons. The van der Waals surface area contributed by atoms with E-state index in [4.69, 9.17) is 4.42 Å². The van der Waals surface area contributed by atoms with Crippen LogP contribution in [0.2, 0.25) is 0 Å². The number of hydrogen-bond acceptors (Lipinski definition) is 4. The first-order valence-electron chi connectivity index (χ1n) is 8.48. The first-order chi connectivity index (χ1) is 12.5. The van der Waals surface area contributed by atoms with Gasteiger partial charge in [-0.1, -0.05) is 26.0 Å². The third-order valence-corrected chi connectivity index (χ3v) is 4.14. The molecule has 2 amide bonds. The molecule has 2 heterocycles. The third kappa shape index (κ3) is 3.77. The molecule has 0 spiro atoms. The number of likely N-dealkylation sites (N-methyl/N-ethyl adjacent to an activating group) is 1. The zero-order chi connectivity index (χ0) is 18.7. The van der Waals surface area contributed by atoms with Gasteiger partial charge in [-0.25, -0.2) is 4.98 Å². The Hall–Kier alpha value is -3.09. The minimum absolute atomic E-state index is 0.0665. The molecule has 3 rings (SSSR count). The highest BCUT2D eigenvalue weighted by atomic mass is 16.3. The van der Waals surface area contributed by atoms with Gasteiger partial charge in [-0.2, -0.15) is 0 Å². The van der Waals surface area contributed by atoms with Gasteiger partial charge >= 0.3 is 0 Å². The Bertz CT molecular complexity index is 866. The maximum absolute atomic E-state index is 12.5. The van der Waals surface area contributed by atoms with Crippen molar-refractivity contribution in [2.75, 3.05) is 13.6 Å². The van der Waals surface area contributed by atoms with Crippen LogP contribution in [0.15, 0.2) is 47.1 Å². The zero-order valence-corrected chi connectivity index (χ0v) is 15.0. The number of imidazole rings is 1. The van der Waals surface area contributed by atoms with Crippen molar-refractivity contribution in [3.8, 4) is 0 Å². The monoisotopic (exact) mass is 354 g/mol. The number of benzene rings is 1. The molecule has 0 saturated heterocycles. The molecule has 3 aromatic rings. The van der Waals surface area contributed by atoms with E-state index < -0.39 is 0 Å². The van der Waals surface area contributed by atoms with Crippen LogP contribution in [0.4, 0.5) is 0 Å². The van der Waals surface area contributed by atoms with Gasteiger partial charge in [0.05, 0.1) is 29.9 Å². The number of aromatic amines is 1. The van der Waals surface area contributed by atoms with Crippen LogP contribution in [0.3, 0.4) is 0 Å². The molecule has 0 aliphatic carbocycles. The van der Waals surface area contributed by atoms with Crippen molar-refractivity contribution in [3.63, 3.8) is 0 Å². The van der Waals surface area contributed by atoms with E-state index in [1.807, 2.05) is 38.1 Å². The lowest BCUT2D eigenvalue weighted by molar-refractivity contribution is -0.122. The lowest BCUT2D eigenvalue weighted by Crippen LogP contribution is -2.41. The fraction of sp³-hybridized carbons (Fsp3) is 0.316. The molecule has 2 aromatic heterocycles. The number of nitrogens with zero attached hydrogens (tertiary/aromatic N) is 2. The van der Waals surface area contributed by atoms with E-state index in [-0.39, 0.29) is 36.1 Å². The summed E-state index contributed by atoms with van der Waals surface area (Å²) in [4.78, 5) is 33.8. The second-order valence-corrected chi connectivity index (χ2v) is 6.57. The van der Waals surface area contributed by atoms with Crippen molar-refractivity contribution < 1.29 is 14.0 Å². The predicted octanol–water partition coefficient (Wildman–Crippen LogP) is 2.74. The standard InChI is InChI=1S/C19H22N4O3/c1-12(2)17(18-20-13-7-4-5-8-14(13)21-18)22-16(24)11-23(3)19(25)15-9-6-10-26-15/h4-10,12,17H,11H2,1-3H3,(H,20,21)(H,22,24)/t17-/m0/s1. The molecule has 136 valence electrons. The highest BCUT2D eigenvalue weighted by molar-refractivity contribution is 5.94. The average Bonchev–Trinajstić information content (AvgIpc) is 3.27. The number of para-hydroxylation sites is 2. The summed E-state index contributed by atoms with van der Waals surface area (Å²) in [5.74, 6) is 0.444. The van der Waals surface area contributed by atoms with Crippen LogP contribution in [0.5, 0.6) is 0 Å². The number of amides is 2. The van der Waals surface area contributed by atoms with E-state index in [0.717, 1.165) is 11.0 Å². The first-order valence-corrected chi connectivity index (χ1v) is 8.48. The molecular weight excluding hydrogens is 332 g/mol. The molecule has 0 bridgehead atoms. The summed E-state index contributed by atoms with van der Waals surface area (Å²) >= 11 is 0. The number of carbonyl (C=O) groups excluding carboxylic acids is 2. The van der Waals surface area contributed by atoms with E-state index >= 15 is 0 Å². The molecule has 0 saturated carbocycles. The molecule has 2 N–H and O–H groups in total. The van der Waals surface area contributed by atoms with Gasteiger partial charge in [-0.3, -0.25) is 9.59 Å². The van der Waals surface area contributed by atoms with Gasteiger partial charge in [0.25, 0.3) is 5.91 Å².